The van der Waals surface area contributed by atoms with Crippen LogP contribution in [0.5, 0.6) is 0 Å². The smallest absolute Gasteiger partial charge is 0.410 e. The number of likely N-dealkylation sites (tertiary alicyclic amines) is 1. The zero-order valence-corrected chi connectivity index (χ0v) is 22.3. The number of fused-ring (bicyclic) bond motifs is 1. The minimum Gasteiger partial charge on any atom is -0.465 e. The minimum absolute atomic E-state index is 0.0488. The minimum atomic E-state index is -0.776. The summed E-state index contributed by atoms with van der Waals surface area (Å²) in [6.07, 6.45) is 3.37. The number of benzene rings is 2. The van der Waals surface area contributed by atoms with E-state index >= 15 is 0 Å². The number of nitro benzene ring substituents is 1. The van der Waals surface area contributed by atoms with Gasteiger partial charge in [-0.3, -0.25) is 15.1 Å². The van der Waals surface area contributed by atoms with Crippen molar-refractivity contribution in [3.63, 3.8) is 0 Å². The van der Waals surface area contributed by atoms with E-state index in [1.807, 2.05) is 45.0 Å². The van der Waals surface area contributed by atoms with Gasteiger partial charge in [0, 0.05) is 24.7 Å². The summed E-state index contributed by atoms with van der Waals surface area (Å²) >= 11 is 0. The van der Waals surface area contributed by atoms with Crippen molar-refractivity contribution in [1.29, 1.82) is 0 Å². The zero-order chi connectivity index (χ0) is 27.4. The SMILES string of the molecule is CCC.COC(=O)c1cccc(C=Nc2ccc(C34CC3CN(C(=O)OC(C)(C)C)C4)cc2)c1[N+](=O)[O-]. The first-order chi connectivity index (χ1) is 17.5. The van der Waals surface area contributed by atoms with Gasteiger partial charge in [0.1, 0.15) is 11.2 Å². The molecule has 0 bridgehead atoms. The quantitative estimate of drug-likeness (QED) is 0.210. The number of hydrogen-bond acceptors (Lipinski definition) is 7. The highest BCUT2D eigenvalue weighted by Crippen LogP contribution is 2.59. The van der Waals surface area contributed by atoms with Crippen LogP contribution in [0.3, 0.4) is 0 Å². The lowest BCUT2D eigenvalue weighted by Crippen LogP contribution is -2.37. The Balaban J connectivity index is 0.00000121. The Labute approximate surface area is 217 Å². The Morgan fingerprint density at radius 3 is 2.41 bits per heavy atom. The molecule has 1 aliphatic carbocycles. The molecule has 2 aliphatic rings. The molecule has 0 aromatic heterocycles. The highest BCUT2D eigenvalue weighted by molar-refractivity contribution is 5.99. The summed E-state index contributed by atoms with van der Waals surface area (Å²) in [6, 6.07) is 12.1. The molecule has 0 spiro atoms. The number of carbonyl (C=O) groups is 2. The van der Waals surface area contributed by atoms with Gasteiger partial charge in [-0.2, -0.15) is 0 Å². The molecule has 1 saturated carbocycles. The van der Waals surface area contributed by atoms with E-state index in [4.69, 9.17) is 4.74 Å². The van der Waals surface area contributed by atoms with Crippen LogP contribution in [0.1, 0.15) is 68.9 Å². The fourth-order valence-corrected chi connectivity index (χ4v) is 4.56. The molecule has 0 radical (unpaired) electrons. The molecule has 1 amide bonds. The maximum absolute atomic E-state index is 12.4. The molecule has 2 fully saturated rings. The van der Waals surface area contributed by atoms with Crippen LogP contribution in [-0.4, -0.2) is 53.9 Å². The van der Waals surface area contributed by atoms with Gasteiger partial charge in [-0.15, -0.1) is 0 Å². The second kappa shape index (κ2) is 11.1. The third-order valence-electron chi connectivity index (χ3n) is 6.25. The molecule has 0 N–H and O–H groups in total. The molecular formula is C28H35N3O6. The third-order valence-corrected chi connectivity index (χ3v) is 6.25. The predicted octanol–water partition coefficient (Wildman–Crippen LogP) is 6.06. The predicted molar refractivity (Wildman–Crippen MR) is 142 cm³/mol. The van der Waals surface area contributed by atoms with Gasteiger partial charge in [0.25, 0.3) is 5.69 Å². The van der Waals surface area contributed by atoms with Gasteiger partial charge in [-0.1, -0.05) is 38.5 Å². The van der Waals surface area contributed by atoms with Crippen molar-refractivity contribution in [1.82, 2.24) is 4.90 Å². The number of carbonyl (C=O) groups excluding carboxylic acids is 2. The molecule has 2 aromatic rings. The highest BCUT2D eigenvalue weighted by Gasteiger charge is 2.62. The fourth-order valence-electron chi connectivity index (χ4n) is 4.56. The van der Waals surface area contributed by atoms with Crippen molar-refractivity contribution < 1.29 is 24.0 Å². The number of amides is 1. The number of piperidine rings is 1. The summed E-state index contributed by atoms with van der Waals surface area (Å²) in [4.78, 5) is 41.4. The second-order valence-electron chi connectivity index (χ2n) is 10.4. The van der Waals surface area contributed by atoms with Crippen LogP contribution in [0.4, 0.5) is 16.2 Å². The molecule has 2 unspecified atom stereocenters. The Kier molecular flexibility index (Phi) is 8.35. The van der Waals surface area contributed by atoms with E-state index in [-0.39, 0.29) is 28.3 Å². The number of hydrogen-bond donors (Lipinski definition) is 0. The van der Waals surface area contributed by atoms with Crippen molar-refractivity contribution in [2.75, 3.05) is 20.2 Å². The number of nitro groups is 1. The molecule has 4 rings (SSSR count). The molecule has 9 heteroatoms. The lowest BCUT2D eigenvalue weighted by Gasteiger charge is -2.26. The molecule has 198 valence electrons. The highest BCUT2D eigenvalue weighted by atomic mass is 16.6. The summed E-state index contributed by atoms with van der Waals surface area (Å²) in [5, 5.41) is 11.6. The Bertz CT molecular complexity index is 1190. The van der Waals surface area contributed by atoms with Crippen LogP contribution >= 0.6 is 0 Å². The van der Waals surface area contributed by atoms with Crippen LogP contribution in [0, 0.1) is 16.0 Å². The molecule has 1 saturated heterocycles. The molecule has 9 nitrogen and oxygen atoms in total. The number of methoxy groups -OCH3 is 1. The van der Waals surface area contributed by atoms with Crippen molar-refractivity contribution in [3.8, 4) is 0 Å². The Morgan fingerprint density at radius 1 is 1.19 bits per heavy atom. The van der Waals surface area contributed by atoms with Crippen molar-refractivity contribution >= 4 is 29.7 Å². The fraction of sp³-hybridized carbons (Fsp3) is 0.464. The average Bonchev–Trinajstić information content (AvgIpc) is 3.41. The number of aliphatic imine (C=N–C) groups is 1. The van der Waals surface area contributed by atoms with Gasteiger partial charge >= 0.3 is 12.1 Å². The van der Waals surface area contributed by atoms with Crippen LogP contribution in [0.2, 0.25) is 0 Å². The van der Waals surface area contributed by atoms with Gasteiger partial charge in [0.15, 0.2) is 0 Å². The lowest BCUT2D eigenvalue weighted by molar-refractivity contribution is -0.385. The first-order valence-electron chi connectivity index (χ1n) is 12.4. The Morgan fingerprint density at radius 2 is 1.84 bits per heavy atom. The molecule has 37 heavy (non-hydrogen) atoms. The summed E-state index contributed by atoms with van der Waals surface area (Å²) < 4.78 is 10.2. The normalized spacial score (nSPS) is 20.1. The maximum atomic E-state index is 12.4. The number of rotatable bonds is 5. The number of nitrogens with zero attached hydrogens (tertiary/aromatic N) is 3. The van der Waals surface area contributed by atoms with Crippen molar-refractivity contribution in [3.05, 3.63) is 69.3 Å². The van der Waals surface area contributed by atoms with Crippen molar-refractivity contribution in [2.24, 2.45) is 10.9 Å². The van der Waals surface area contributed by atoms with Crippen LogP contribution in [0.25, 0.3) is 0 Å². The average molecular weight is 510 g/mol. The van der Waals surface area contributed by atoms with Crippen LogP contribution in [0.15, 0.2) is 47.5 Å². The van der Waals surface area contributed by atoms with E-state index in [2.05, 4.69) is 23.6 Å². The van der Waals surface area contributed by atoms with E-state index in [1.165, 1.54) is 31.9 Å². The lowest BCUT2D eigenvalue weighted by atomic mass is 9.95. The summed E-state index contributed by atoms with van der Waals surface area (Å²) in [6.45, 7) is 11.1. The Hall–Kier alpha value is -3.75. The molecule has 1 aliphatic heterocycles. The summed E-state index contributed by atoms with van der Waals surface area (Å²) in [5.41, 5.74) is 0.929. The van der Waals surface area contributed by atoms with E-state index in [9.17, 15) is 19.7 Å². The zero-order valence-electron chi connectivity index (χ0n) is 22.3. The molecule has 2 atom stereocenters. The second-order valence-corrected chi connectivity index (χ2v) is 10.4. The molecular weight excluding hydrogens is 474 g/mol. The molecule has 2 aromatic carbocycles. The topological polar surface area (TPSA) is 111 Å². The van der Waals surface area contributed by atoms with Crippen molar-refractivity contribution in [2.45, 2.75) is 58.5 Å². The van der Waals surface area contributed by atoms with Gasteiger partial charge in [0.2, 0.25) is 0 Å². The largest absolute Gasteiger partial charge is 0.465 e. The van der Waals surface area contributed by atoms with E-state index in [0.29, 0.717) is 24.7 Å². The van der Waals surface area contributed by atoms with Crippen LogP contribution < -0.4 is 0 Å². The van der Waals surface area contributed by atoms with Gasteiger partial charge in [-0.25, -0.2) is 9.59 Å². The van der Waals surface area contributed by atoms with Crippen LogP contribution in [-0.2, 0) is 14.9 Å². The maximum Gasteiger partial charge on any atom is 0.410 e. The molecule has 1 heterocycles. The summed E-state index contributed by atoms with van der Waals surface area (Å²) in [7, 11) is 1.18. The third kappa shape index (κ3) is 6.34. The van der Waals surface area contributed by atoms with E-state index in [0.717, 1.165) is 12.0 Å². The van der Waals surface area contributed by atoms with Gasteiger partial charge in [-0.05, 0) is 62.9 Å². The monoisotopic (exact) mass is 509 g/mol. The summed E-state index contributed by atoms with van der Waals surface area (Å²) in [5.74, 6) is -0.361. The van der Waals surface area contributed by atoms with E-state index in [1.54, 1.807) is 11.0 Å². The van der Waals surface area contributed by atoms with Gasteiger partial charge in [0.05, 0.1) is 23.3 Å². The first kappa shape index (κ1) is 27.8. The number of para-hydroxylation sites is 1. The number of esters is 1. The van der Waals surface area contributed by atoms with E-state index < -0.39 is 16.5 Å². The standard InChI is InChI=1S/C25H27N3O6.C3H8/c1-24(2,3)34-23(30)27-14-18-12-25(18,15-27)17-8-10-19(11-9-17)26-13-16-6-5-7-20(22(29)33-4)21(16)28(31)32;1-3-2/h5-11,13,18H,12,14-15H2,1-4H3;3H2,1-2H3. The number of ether oxygens (including phenoxy) is 2. The first-order valence-corrected chi connectivity index (χ1v) is 12.4. The van der Waals surface area contributed by atoms with Gasteiger partial charge < -0.3 is 14.4 Å².